The molecule has 0 amide bonds. The van der Waals surface area contributed by atoms with Gasteiger partial charge in [-0.2, -0.15) is 0 Å². The van der Waals surface area contributed by atoms with Crippen molar-refractivity contribution in [2.24, 2.45) is 7.05 Å². The number of aryl methyl sites for hydroxylation is 1. The van der Waals surface area contributed by atoms with E-state index in [2.05, 4.69) is 9.97 Å². The zero-order valence-corrected chi connectivity index (χ0v) is 8.77. The summed E-state index contributed by atoms with van der Waals surface area (Å²) in [6.45, 7) is 0. The average molecular weight is 222 g/mol. The van der Waals surface area contributed by atoms with Crippen LogP contribution >= 0.6 is 11.6 Å². The Morgan fingerprint density at radius 2 is 2.20 bits per heavy atom. The van der Waals surface area contributed by atoms with E-state index in [9.17, 15) is 4.79 Å². The van der Waals surface area contributed by atoms with Crippen molar-refractivity contribution in [2.45, 2.75) is 0 Å². The first-order chi connectivity index (χ1) is 7.18. The third-order valence-electron chi connectivity index (χ3n) is 2.01. The second-order valence-electron chi connectivity index (χ2n) is 3.06. The number of hydrogen-bond acceptors (Lipinski definition) is 3. The molecule has 0 aliphatic carbocycles. The van der Waals surface area contributed by atoms with Crippen LogP contribution in [0.25, 0.3) is 0 Å². The van der Waals surface area contributed by atoms with Crippen LogP contribution in [-0.2, 0) is 7.05 Å². The molecule has 0 aliphatic heterocycles. The van der Waals surface area contributed by atoms with Crippen molar-refractivity contribution in [1.29, 1.82) is 0 Å². The van der Waals surface area contributed by atoms with Gasteiger partial charge in [0.05, 0.1) is 0 Å². The molecule has 4 nitrogen and oxygen atoms in total. The Labute approximate surface area is 91.5 Å². The van der Waals surface area contributed by atoms with E-state index in [4.69, 9.17) is 11.6 Å². The summed E-state index contributed by atoms with van der Waals surface area (Å²) < 4.78 is 1.66. The first-order valence-corrected chi connectivity index (χ1v) is 4.70. The van der Waals surface area contributed by atoms with E-state index in [0.29, 0.717) is 16.5 Å². The van der Waals surface area contributed by atoms with E-state index in [-0.39, 0.29) is 5.78 Å². The van der Waals surface area contributed by atoms with Crippen molar-refractivity contribution in [3.8, 4) is 0 Å². The first kappa shape index (κ1) is 9.86. The summed E-state index contributed by atoms with van der Waals surface area (Å²) in [6.07, 6.45) is 4.80. The Balaban J connectivity index is 2.41. The van der Waals surface area contributed by atoms with Crippen LogP contribution in [0, 0.1) is 0 Å². The molecule has 2 rings (SSSR count). The molecular weight excluding hydrogens is 214 g/mol. The van der Waals surface area contributed by atoms with Crippen LogP contribution in [0.3, 0.4) is 0 Å². The smallest absolute Gasteiger partial charge is 0.228 e. The lowest BCUT2D eigenvalue weighted by atomic mass is 10.2. The van der Waals surface area contributed by atoms with Gasteiger partial charge in [0.25, 0.3) is 0 Å². The highest BCUT2D eigenvalue weighted by atomic mass is 35.5. The lowest BCUT2D eigenvalue weighted by molar-refractivity contribution is 0.102. The van der Waals surface area contributed by atoms with Gasteiger partial charge in [0.1, 0.15) is 5.15 Å². The standard InChI is InChI=1S/C10H8ClN3O/c1-14-5-4-13-10(14)9(15)7-2-3-12-8(11)6-7/h2-6H,1H3. The fourth-order valence-corrected chi connectivity index (χ4v) is 1.43. The largest absolute Gasteiger partial charge is 0.331 e. The maximum atomic E-state index is 11.9. The van der Waals surface area contributed by atoms with Gasteiger partial charge in [-0.1, -0.05) is 11.6 Å². The molecule has 0 saturated carbocycles. The van der Waals surface area contributed by atoms with Gasteiger partial charge in [-0.3, -0.25) is 4.79 Å². The van der Waals surface area contributed by atoms with E-state index >= 15 is 0 Å². The summed E-state index contributed by atoms with van der Waals surface area (Å²) >= 11 is 5.70. The Kier molecular flexibility index (Phi) is 2.51. The number of rotatable bonds is 2. The van der Waals surface area contributed by atoms with Crippen LogP contribution in [-0.4, -0.2) is 20.3 Å². The van der Waals surface area contributed by atoms with Crippen molar-refractivity contribution < 1.29 is 4.79 Å². The maximum Gasteiger partial charge on any atom is 0.228 e. The van der Waals surface area contributed by atoms with Gasteiger partial charge in [-0.05, 0) is 12.1 Å². The van der Waals surface area contributed by atoms with Crippen LogP contribution in [0.5, 0.6) is 0 Å². The van der Waals surface area contributed by atoms with Gasteiger partial charge in [0.2, 0.25) is 5.78 Å². The molecular formula is C10H8ClN3O. The zero-order valence-electron chi connectivity index (χ0n) is 8.01. The van der Waals surface area contributed by atoms with Gasteiger partial charge < -0.3 is 4.57 Å². The molecule has 15 heavy (non-hydrogen) atoms. The van der Waals surface area contributed by atoms with Gasteiger partial charge >= 0.3 is 0 Å². The van der Waals surface area contributed by atoms with E-state index in [0.717, 1.165) is 0 Å². The minimum Gasteiger partial charge on any atom is -0.331 e. The Bertz CT molecular complexity index is 507. The monoisotopic (exact) mass is 221 g/mol. The molecule has 0 radical (unpaired) electrons. The minimum absolute atomic E-state index is 0.160. The van der Waals surface area contributed by atoms with Crippen LogP contribution in [0.2, 0.25) is 5.15 Å². The van der Waals surface area contributed by atoms with E-state index < -0.39 is 0 Å². The number of pyridine rings is 1. The molecule has 0 fully saturated rings. The topological polar surface area (TPSA) is 47.8 Å². The fourth-order valence-electron chi connectivity index (χ4n) is 1.26. The molecule has 2 aromatic rings. The zero-order chi connectivity index (χ0) is 10.8. The van der Waals surface area contributed by atoms with Gasteiger partial charge in [0.15, 0.2) is 5.82 Å². The first-order valence-electron chi connectivity index (χ1n) is 4.32. The molecule has 0 spiro atoms. The van der Waals surface area contributed by atoms with Crippen LogP contribution < -0.4 is 0 Å². The van der Waals surface area contributed by atoms with Gasteiger partial charge in [-0.15, -0.1) is 0 Å². The van der Waals surface area contributed by atoms with Gasteiger partial charge in [0, 0.05) is 31.2 Å². The van der Waals surface area contributed by atoms with Gasteiger partial charge in [-0.25, -0.2) is 9.97 Å². The summed E-state index contributed by atoms with van der Waals surface area (Å²) in [5.41, 5.74) is 0.490. The highest BCUT2D eigenvalue weighted by Crippen LogP contribution is 2.11. The molecule has 0 atom stereocenters. The number of aromatic nitrogens is 3. The number of carbonyl (C=O) groups is 1. The van der Waals surface area contributed by atoms with Crippen LogP contribution in [0.1, 0.15) is 16.2 Å². The Hall–Kier alpha value is -1.68. The lowest BCUT2D eigenvalue weighted by Gasteiger charge is -2.00. The molecule has 0 aliphatic rings. The summed E-state index contributed by atoms with van der Waals surface area (Å²) in [6, 6.07) is 3.14. The second kappa shape index (κ2) is 3.82. The normalized spacial score (nSPS) is 10.3. The van der Waals surface area contributed by atoms with Crippen molar-refractivity contribution >= 4 is 17.4 Å². The predicted molar refractivity (Wildman–Crippen MR) is 55.9 cm³/mol. The number of nitrogens with zero attached hydrogens (tertiary/aromatic N) is 3. The highest BCUT2D eigenvalue weighted by Gasteiger charge is 2.13. The third kappa shape index (κ3) is 1.89. The van der Waals surface area contributed by atoms with Crippen LogP contribution in [0.4, 0.5) is 0 Å². The molecule has 76 valence electrons. The fraction of sp³-hybridized carbons (Fsp3) is 0.100. The molecule has 0 bridgehead atoms. The molecule has 0 unspecified atom stereocenters. The van der Waals surface area contributed by atoms with E-state index in [1.807, 2.05) is 0 Å². The Morgan fingerprint density at radius 3 is 2.80 bits per heavy atom. The third-order valence-corrected chi connectivity index (χ3v) is 2.22. The highest BCUT2D eigenvalue weighted by molar-refractivity contribution is 6.29. The van der Waals surface area contributed by atoms with E-state index in [1.165, 1.54) is 12.3 Å². The lowest BCUT2D eigenvalue weighted by Crippen LogP contribution is -2.08. The summed E-state index contributed by atoms with van der Waals surface area (Å²) in [7, 11) is 1.77. The molecule has 0 saturated heterocycles. The van der Waals surface area contributed by atoms with E-state index in [1.54, 1.807) is 30.1 Å². The SMILES string of the molecule is Cn1ccnc1C(=O)c1ccnc(Cl)c1. The maximum absolute atomic E-state index is 11.9. The number of imidazole rings is 1. The minimum atomic E-state index is -0.160. The number of ketones is 1. The van der Waals surface area contributed by atoms with Crippen molar-refractivity contribution in [1.82, 2.24) is 14.5 Å². The summed E-state index contributed by atoms with van der Waals surface area (Å²) in [5, 5.41) is 0.301. The van der Waals surface area contributed by atoms with Crippen LogP contribution in [0.15, 0.2) is 30.7 Å². The summed E-state index contributed by atoms with van der Waals surface area (Å²) in [4.78, 5) is 19.7. The molecule has 5 heteroatoms. The molecule has 2 aromatic heterocycles. The number of halogens is 1. The predicted octanol–water partition coefficient (Wildman–Crippen LogP) is 1.70. The number of hydrogen-bond donors (Lipinski definition) is 0. The molecule has 0 N–H and O–H groups in total. The summed E-state index contributed by atoms with van der Waals surface area (Å²) in [5.74, 6) is 0.226. The molecule has 0 aromatic carbocycles. The average Bonchev–Trinajstić information content (AvgIpc) is 2.63. The van der Waals surface area contributed by atoms with Crippen molar-refractivity contribution in [2.75, 3.05) is 0 Å². The quantitative estimate of drug-likeness (QED) is 0.573. The molecule has 2 heterocycles. The van der Waals surface area contributed by atoms with Crippen molar-refractivity contribution in [3.05, 3.63) is 47.3 Å². The second-order valence-corrected chi connectivity index (χ2v) is 3.45. The van der Waals surface area contributed by atoms with Crippen molar-refractivity contribution in [3.63, 3.8) is 0 Å². The Morgan fingerprint density at radius 1 is 1.40 bits per heavy atom. The number of carbonyl (C=O) groups excluding carboxylic acids is 1.